The van der Waals surface area contributed by atoms with Gasteiger partial charge in [-0.25, -0.2) is 4.39 Å². The molecule has 1 amide bonds. The molecule has 13 heteroatoms. The van der Waals surface area contributed by atoms with Gasteiger partial charge in [0.1, 0.15) is 28.6 Å². The van der Waals surface area contributed by atoms with E-state index in [2.05, 4.69) is 21.3 Å². The zero-order chi connectivity index (χ0) is 34.6. The summed E-state index contributed by atoms with van der Waals surface area (Å²) in [6, 6.07) is 19.6. The molecule has 0 bridgehead atoms. The Morgan fingerprint density at radius 2 is 1.84 bits per heavy atom. The Bertz CT molecular complexity index is 2220. The first-order valence-corrected chi connectivity index (χ1v) is 17.1. The minimum absolute atomic E-state index is 0.112. The quantitative estimate of drug-likeness (QED) is 0.155. The van der Waals surface area contributed by atoms with Crippen molar-refractivity contribution in [2.24, 2.45) is 0 Å². The summed E-state index contributed by atoms with van der Waals surface area (Å²) in [5, 5.41) is 2.92. The van der Waals surface area contributed by atoms with Crippen molar-refractivity contribution in [2.45, 2.75) is 13.5 Å². The molecule has 254 valence electrons. The minimum Gasteiger partial charge on any atom is -0.493 e. The number of ether oxygens (including phenoxy) is 3. The van der Waals surface area contributed by atoms with Gasteiger partial charge in [0, 0.05) is 56.0 Å². The Labute approximate surface area is 295 Å². The number of halogens is 2. The van der Waals surface area contributed by atoms with E-state index in [0.717, 1.165) is 59.2 Å². The van der Waals surface area contributed by atoms with Gasteiger partial charge in [0.25, 0.3) is 11.5 Å². The molecule has 6 aromatic rings. The molecule has 0 unspecified atom stereocenters. The van der Waals surface area contributed by atoms with Gasteiger partial charge in [-0.1, -0.05) is 17.7 Å². The number of amides is 1. The van der Waals surface area contributed by atoms with Gasteiger partial charge in [-0.3, -0.25) is 29.0 Å². The monoisotopic (exact) mass is 711 g/mol. The van der Waals surface area contributed by atoms with Gasteiger partial charge in [0.05, 0.1) is 51.3 Å². The smallest absolute Gasteiger partial charge is 0.271 e. The number of pyridine rings is 3. The zero-order valence-corrected chi connectivity index (χ0v) is 28.5. The highest BCUT2D eigenvalue weighted by molar-refractivity contribution is 7.22. The molecule has 2 aromatic carbocycles. The van der Waals surface area contributed by atoms with Crippen LogP contribution in [-0.4, -0.2) is 58.3 Å². The summed E-state index contributed by atoms with van der Waals surface area (Å²) in [5.41, 5.74) is 2.58. The number of carbonyl (C=O) groups excluding carboxylic acids is 1. The van der Waals surface area contributed by atoms with Gasteiger partial charge in [-0.15, -0.1) is 11.3 Å². The predicted molar refractivity (Wildman–Crippen MR) is 192 cm³/mol. The Hall–Kier alpha value is -5.14. The summed E-state index contributed by atoms with van der Waals surface area (Å²) >= 11 is 8.14. The second kappa shape index (κ2) is 14.8. The first kappa shape index (κ1) is 33.4. The van der Waals surface area contributed by atoms with Crippen molar-refractivity contribution >= 4 is 44.7 Å². The number of anilines is 1. The van der Waals surface area contributed by atoms with Crippen LogP contribution in [0, 0.1) is 5.82 Å². The normalized spacial score (nSPS) is 13.3. The van der Waals surface area contributed by atoms with Crippen LogP contribution in [0.4, 0.5) is 10.1 Å². The van der Waals surface area contributed by atoms with Crippen LogP contribution in [0.2, 0.25) is 5.02 Å². The van der Waals surface area contributed by atoms with Gasteiger partial charge in [-0.05, 0) is 67.1 Å². The van der Waals surface area contributed by atoms with Crippen LogP contribution in [0.25, 0.3) is 26.5 Å². The molecule has 0 atom stereocenters. The summed E-state index contributed by atoms with van der Waals surface area (Å²) in [6.45, 7) is 6.17. The average molecular weight is 712 g/mol. The number of morpholine rings is 1. The molecule has 1 saturated heterocycles. The topological polar surface area (TPSA) is 108 Å². The van der Waals surface area contributed by atoms with Crippen molar-refractivity contribution in [1.29, 1.82) is 0 Å². The molecule has 4 aromatic heterocycles. The van der Waals surface area contributed by atoms with Gasteiger partial charge in [-0.2, -0.15) is 0 Å². The molecule has 10 nitrogen and oxygen atoms in total. The number of thiophene rings is 1. The van der Waals surface area contributed by atoms with Crippen LogP contribution in [0.5, 0.6) is 17.2 Å². The lowest BCUT2D eigenvalue weighted by Gasteiger charge is -2.26. The highest BCUT2D eigenvalue weighted by Crippen LogP contribution is 2.39. The van der Waals surface area contributed by atoms with Crippen LogP contribution < -0.4 is 20.3 Å². The minimum atomic E-state index is -0.713. The summed E-state index contributed by atoms with van der Waals surface area (Å²) in [7, 11) is 0. The maximum absolute atomic E-state index is 13.5. The lowest BCUT2D eigenvalue weighted by Crippen LogP contribution is -2.35. The standard InChI is InChI=1S/C37H31ClFN5O5S/c1-2-48-31-12-14-44(25-6-4-24(39)5-7-25)37(46)34(31)36(45)42-28-10-8-26(19-27(28)38)49-32-11-13-40-30-20-33(50-35(30)32)29-9-3-23(21-41-29)22-43-15-17-47-18-16-43/h3-14,19-21H,2,15-18,22H2,1H3,(H,42,45). The van der Waals surface area contributed by atoms with Crippen molar-refractivity contribution < 1.29 is 23.4 Å². The number of carbonyl (C=O) groups is 1. The Kier molecular flexibility index (Phi) is 9.85. The van der Waals surface area contributed by atoms with E-state index in [1.54, 1.807) is 37.4 Å². The number of hydrogen-bond donors (Lipinski definition) is 1. The Balaban J connectivity index is 1.08. The molecule has 0 aliphatic carbocycles. The SMILES string of the molecule is CCOc1ccn(-c2ccc(F)cc2)c(=O)c1C(=O)Nc1ccc(Oc2ccnc3cc(-c4ccc(CN5CCOCC5)cn4)sc23)cc1Cl. The first-order valence-electron chi connectivity index (χ1n) is 15.9. The van der Waals surface area contributed by atoms with E-state index in [1.165, 1.54) is 52.4 Å². The Morgan fingerprint density at radius 1 is 1.02 bits per heavy atom. The zero-order valence-electron chi connectivity index (χ0n) is 26.9. The van der Waals surface area contributed by atoms with Gasteiger partial charge in [0.2, 0.25) is 0 Å². The van der Waals surface area contributed by atoms with Gasteiger partial charge < -0.3 is 19.5 Å². The predicted octanol–water partition coefficient (Wildman–Crippen LogP) is 7.58. The lowest BCUT2D eigenvalue weighted by molar-refractivity contribution is 0.0341. The third-order valence-electron chi connectivity index (χ3n) is 8.07. The van der Waals surface area contributed by atoms with E-state index in [0.29, 0.717) is 17.2 Å². The average Bonchev–Trinajstić information content (AvgIpc) is 3.57. The molecule has 0 radical (unpaired) electrons. The molecule has 1 aliphatic rings. The van der Waals surface area contributed by atoms with Crippen molar-refractivity contribution in [3.05, 3.63) is 124 Å². The summed E-state index contributed by atoms with van der Waals surface area (Å²) in [4.78, 5) is 39.5. The first-order chi connectivity index (χ1) is 24.4. The third kappa shape index (κ3) is 7.24. The number of fused-ring (bicyclic) bond motifs is 1. The van der Waals surface area contributed by atoms with E-state index >= 15 is 0 Å². The molecule has 7 rings (SSSR count). The number of hydrogen-bond acceptors (Lipinski definition) is 9. The van der Waals surface area contributed by atoms with E-state index in [9.17, 15) is 14.0 Å². The van der Waals surface area contributed by atoms with Crippen LogP contribution in [0.1, 0.15) is 22.8 Å². The van der Waals surface area contributed by atoms with Crippen LogP contribution in [0.15, 0.2) is 96.2 Å². The van der Waals surface area contributed by atoms with Gasteiger partial charge in [0.15, 0.2) is 0 Å². The number of aromatic nitrogens is 3. The number of benzene rings is 2. The van der Waals surface area contributed by atoms with E-state index in [4.69, 9.17) is 30.8 Å². The van der Waals surface area contributed by atoms with E-state index in [1.807, 2.05) is 18.3 Å². The highest BCUT2D eigenvalue weighted by Gasteiger charge is 2.22. The Morgan fingerprint density at radius 3 is 2.58 bits per heavy atom. The van der Waals surface area contributed by atoms with E-state index < -0.39 is 17.3 Å². The second-order valence-electron chi connectivity index (χ2n) is 11.4. The molecular weight excluding hydrogens is 681 g/mol. The maximum atomic E-state index is 13.5. The number of nitrogens with one attached hydrogen (secondary N) is 1. The fraction of sp³-hybridized carbons (Fsp3) is 0.189. The molecule has 0 spiro atoms. The van der Waals surface area contributed by atoms with Crippen molar-refractivity contribution in [3.63, 3.8) is 0 Å². The lowest BCUT2D eigenvalue weighted by atomic mass is 10.2. The molecule has 1 fully saturated rings. The highest BCUT2D eigenvalue weighted by atomic mass is 35.5. The maximum Gasteiger partial charge on any atom is 0.271 e. The summed E-state index contributed by atoms with van der Waals surface area (Å²) in [5.74, 6) is -0.0141. The molecular formula is C37H31ClFN5O5S. The largest absolute Gasteiger partial charge is 0.493 e. The number of nitrogens with zero attached hydrogens (tertiary/aromatic N) is 4. The number of rotatable bonds is 10. The van der Waals surface area contributed by atoms with Crippen molar-refractivity contribution in [3.8, 4) is 33.5 Å². The van der Waals surface area contributed by atoms with E-state index in [-0.39, 0.29) is 28.6 Å². The van der Waals surface area contributed by atoms with Crippen LogP contribution in [-0.2, 0) is 11.3 Å². The molecule has 1 aliphatic heterocycles. The second-order valence-corrected chi connectivity index (χ2v) is 12.9. The molecule has 0 saturated carbocycles. The van der Waals surface area contributed by atoms with Gasteiger partial charge >= 0.3 is 0 Å². The summed E-state index contributed by atoms with van der Waals surface area (Å²) < 4.78 is 32.9. The molecule has 5 heterocycles. The van der Waals surface area contributed by atoms with Crippen molar-refractivity contribution in [2.75, 3.05) is 38.2 Å². The van der Waals surface area contributed by atoms with Crippen LogP contribution in [0.3, 0.4) is 0 Å². The molecule has 1 N–H and O–H groups in total. The third-order valence-corrected chi connectivity index (χ3v) is 9.54. The summed E-state index contributed by atoms with van der Waals surface area (Å²) in [6.07, 6.45) is 5.07. The van der Waals surface area contributed by atoms with Crippen molar-refractivity contribution in [1.82, 2.24) is 19.4 Å². The fourth-order valence-electron chi connectivity index (χ4n) is 5.58. The van der Waals surface area contributed by atoms with Crippen LogP contribution >= 0.6 is 22.9 Å². The fourth-order valence-corrected chi connectivity index (χ4v) is 6.84. The molecule has 50 heavy (non-hydrogen) atoms.